The highest BCUT2D eigenvalue weighted by Crippen LogP contribution is 2.34. The van der Waals surface area contributed by atoms with Gasteiger partial charge in [-0.25, -0.2) is 9.78 Å². The van der Waals surface area contributed by atoms with Gasteiger partial charge < -0.3 is 29.6 Å². The Morgan fingerprint density at radius 3 is 2.72 bits per heavy atom. The Morgan fingerprint density at radius 2 is 2.06 bits per heavy atom. The molecule has 2 aromatic heterocycles. The third kappa shape index (κ3) is 5.85. The first kappa shape index (κ1) is 25.7. The van der Waals surface area contributed by atoms with Gasteiger partial charge in [-0.15, -0.1) is 0 Å². The number of carbonyl (C=O) groups excluding carboxylic acids is 2. The lowest BCUT2D eigenvalue weighted by Gasteiger charge is -2.19. The Kier molecular flexibility index (Phi) is 8.22. The summed E-state index contributed by atoms with van der Waals surface area (Å²) in [7, 11) is 5.40. The summed E-state index contributed by atoms with van der Waals surface area (Å²) in [5.74, 6) is -0.943. The maximum Gasteiger partial charge on any atom is 0.356 e. The van der Waals surface area contributed by atoms with Crippen LogP contribution in [-0.4, -0.2) is 73.3 Å². The molecule has 9 heteroatoms. The molecule has 0 bridgehead atoms. The number of aryl methyl sites for hydroxylation is 2. The van der Waals surface area contributed by atoms with Crippen LogP contribution in [0.1, 0.15) is 29.4 Å². The van der Waals surface area contributed by atoms with Crippen molar-refractivity contribution in [3.8, 4) is 0 Å². The van der Waals surface area contributed by atoms with Crippen LogP contribution < -0.4 is 10.6 Å². The fourth-order valence-electron chi connectivity index (χ4n) is 4.69. The van der Waals surface area contributed by atoms with Gasteiger partial charge in [-0.3, -0.25) is 4.79 Å². The molecular formula is C27H35N5O4. The molecule has 1 fully saturated rings. The number of nitrogens with zero attached hydrogens (tertiary/aromatic N) is 3. The molecule has 2 atom stereocenters. The molecule has 1 aliphatic rings. The smallest absolute Gasteiger partial charge is 0.356 e. The zero-order valence-corrected chi connectivity index (χ0v) is 21.4. The van der Waals surface area contributed by atoms with Crippen LogP contribution in [0.4, 0.5) is 11.4 Å². The van der Waals surface area contributed by atoms with E-state index in [0.29, 0.717) is 55.0 Å². The van der Waals surface area contributed by atoms with Crippen LogP contribution in [0, 0.1) is 5.92 Å². The molecule has 9 nitrogen and oxygen atoms in total. The molecule has 2 unspecified atom stereocenters. The Bertz CT molecular complexity index is 1200. The lowest BCUT2D eigenvalue weighted by Crippen LogP contribution is -2.29. The highest BCUT2D eigenvalue weighted by atomic mass is 16.5. The average Bonchev–Trinajstić information content (AvgIpc) is 3.49. The van der Waals surface area contributed by atoms with Gasteiger partial charge in [0.1, 0.15) is 5.65 Å². The Labute approximate surface area is 211 Å². The number of carbonyl (C=O) groups is 2. The van der Waals surface area contributed by atoms with E-state index in [2.05, 4.69) is 22.5 Å². The predicted octanol–water partition coefficient (Wildman–Crippen LogP) is 3.40. The normalized spacial score (nSPS) is 16.3. The molecule has 192 valence electrons. The molecule has 0 spiro atoms. The first-order chi connectivity index (χ1) is 17.4. The van der Waals surface area contributed by atoms with Gasteiger partial charge in [0, 0.05) is 31.1 Å². The number of esters is 1. The number of ether oxygens (including phenoxy) is 2. The van der Waals surface area contributed by atoms with Crippen molar-refractivity contribution in [3.05, 3.63) is 53.9 Å². The number of hydrogen-bond donors (Lipinski definition) is 2. The van der Waals surface area contributed by atoms with Crippen molar-refractivity contribution in [2.45, 2.75) is 32.4 Å². The molecule has 2 N–H and O–H groups in total. The summed E-state index contributed by atoms with van der Waals surface area (Å²) in [6, 6.07) is 12.2. The molecule has 1 saturated heterocycles. The van der Waals surface area contributed by atoms with Crippen LogP contribution in [0.5, 0.6) is 0 Å². The van der Waals surface area contributed by atoms with E-state index in [1.165, 1.54) is 7.11 Å². The summed E-state index contributed by atoms with van der Waals surface area (Å²) in [4.78, 5) is 33.0. The Balaban J connectivity index is 1.77. The number of hydrogen-bond acceptors (Lipinski definition) is 7. The topological polar surface area (TPSA) is 97.7 Å². The van der Waals surface area contributed by atoms with E-state index in [1.807, 2.05) is 55.1 Å². The Morgan fingerprint density at radius 1 is 1.28 bits per heavy atom. The van der Waals surface area contributed by atoms with E-state index >= 15 is 0 Å². The number of fused-ring (bicyclic) bond motifs is 1. The second-order valence-electron chi connectivity index (χ2n) is 9.55. The first-order valence-electron chi connectivity index (χ1n) is 12.3. The van der Waals surface area contributed by atoms with Crippen molar-refractivity contribution in [2.24, 2.45) is 5.92 Å². The molecule has 4 rings (SSSR count). The van der Waals surface area contributed by atoms with Crippen molar-refractivity contribution in [3.63, 3.8) is 0 Å². The van der Waals surface area contributed by atoms with Gasteiger partial charge in [0.15, 0.2) is 5.69 Å². The average molecular weight is 494 g/mol. The van der Waals surface area contributed by atoms with E-state index in [1.54, 1.807) is 6.20 Å². The van der Waals surface area contributed by atoms with Gasteiger partial charge in [-0.1, -0.05) is 30.3 Å². The monoisotopic (exact) mass is 493 g/mol. The zero-order valence-electron chi connectivity index (χ0n) is 21.4. The number of pyridine rings is 1. The standard InChI is InChI=1S/C27H35N5O4/c1-18(16-31(2)3)29-21-14-22-23(30-26(33)20-11-13-36-17-20)24(27(34)35-4)32(25(22)28-15-21)12-10-19-8-6-5-7-9-19/h5-9,14-15,18,20,29H,10-13,16-17H2,1-4H3,(H,30,33). The lowest BCUT2D eigenvalue weighted by molar-refractivity contribution is -0.119. The van der Waals surface area contributed by atoms with Crippen molar-refractivity contribution in [1.82, 2.24) is 14.5 Å². The molecule has 3 heterocycles. The van der Waals surface area contributed by atoms with Crippen molar-refractivity contribution in [2.75, 3.05) is 51.6 Å². The number of rotatable bonds is 10. The van der Waals surface area contributed by atoms with Crippen LogP contribution >= 0.6 is 0 Å². The van der Waals surface area contributed by atoms with E-state index in [-0.39, 0.29) is 17.9 Å². The number of amides is 1. The molecule has 36 heavy (non-hydrogen) atoms. The zero-order chi connectivity index (χ0) is 25.7. The summed E-state index contributed by atoms with van der Waals surface area (Å²) in [5.41, 5.74) is 3.29. The number of nitrogens with one attached hydrogen (secondary N) is 2. The van der Waals surface area contributed by atoms with Crippen LogP contribution in [0.15, 0.2) is 42.6 Å². The maximum absolute atomic E-state index is 13.1. The second kappa shape index (κ2) is 11.5. The number of methoxy groups -OCH3 is 1. The lowest BCUT2D eigenvalue weighted by atomic mass is 10.1. The fraction of sp³-hybridized carbons (Fsp3) is 0.444. The van der Waals surface area contributed by atoms with Gasteiger partial charge in [0.05, 0.1) is 37.2 Å². The molecule has 3 aromatic rings. The van der Waals surface area contributed by atoms with E-state index in [0.717, 1.165) is 17.8 Å². The van der Waals surface area contributed by atoms with Crippen molar-refractivity contribution in [1.29, 1.82) is 0 Å². The quantitative estimate of drug-likeness (QED) is 0.418. The SMILES string of the molecule is COC(=O)c1c(NC(=O)C2CCOC2)c2cc(NC(C)CN(C)C)cnc2n1CCc1ccccc1. The third-order valence-electron chi connectivity index (χ3n) is 6.34. The number of likely N-dealkylation sites (N-methyl/N-ethyl adjacent to an activating group) is 1. The first-order valence-corrected chi connectivity index (χ1v) is 12.3. The summed E-state index contributed by atoms with van der Waals surface area (Å²) in [6.45, 7) is 4.37. The predicted molar refractivity (Wildman–Crippen MR) is 140 cm³/mol. The minimum Gasteiger partial charge on any atom is -0.464 e. The molecule has 1 aliphatic heterocycles. The molecule has 0 radical (unpaired) electrons. The van der Waals surface area contributed by atoms with Gasteiger partial charge in [-0.2, -0.15) is 0 Å². The van der Waals surface area contributed by atoms with Gasteiger partial charge in [-0.05, 0) is 45.5 Å². The minimum absolute atomic E-state index is 0.167. The molecule has 0 saturated carbocycles. The highest BCUT2D eigenvalue weighted by molar-refractivity contribution is 6.11. The third-order valence-corrected chi connectivity index (χ3v) is 6.34. The van der Waals surface area contributed by atoms with Crippen LogP contribution in [-0.2, 0) is 27.2 Å². The van der Waals surface area contributed by atoms with Crippen molar-refractivity contribution < 1.29 is 19.1 Å². The van der Waals surface area contributed by atoms with Crippen LogP contribution in [0.2, 0.25) is 0 Å². The van der Waals surface area contributed by atoms with Crippen LogP contribution in [0.3, 0.4) is 0 Å². The highest BCUT2D eigenvalue weighted by Gasteiger charge is 2.30. The summed E-state index contributed by atoms with van der Waals surface area (Å²) in [5, 5.41) is 7.19. The van der Waals surface area contributed by atoms with Crippen LogP contribution in [0.25, 0.3) is 11.0 Å². The summed E-state index contributed by atoms with van der Waals surface area (Å²) in [6.07, 6.45) is 3.12. The van der Waals surface area contributed by atoms with Gasteiger partial charge in [0.2, 0.25) is 5.91 Å². The van der Waals surface area contributed by atoms with E-state index in [4.69, 9.17) is 14.5 Å². The minimum atomic E-state index is -0.519. The van der Waals surface area contributed by atoms with Gasteiger partial charge >= 0.3 is 5.97 Å². The largest absolute Gasteiger partial charge is 0.464 e. The fourth-order valence-corrected chi connectivity index (χ4v) is 4.69. The molecule has 0 aliphatic carbocycles. The number of anilines is 2. The van der Waals surface area contributed by atoms with Gasteiger partial charge in [0.25, 0.3) is 0 Å². The molecule has 1 amide bonds. The van der Waals surface area contributed by atoms with E-state index in [9.17, 15) is 9.59 Å². The summed E-state index contributed by atoms with van der Waals surface area (Å²) < 4.78 is 12.4. The van der Waals surface area contributed by atoms with E-state index < -0.39 is 5.97 Å². The Hall–Kier alpha value is -3.43. The maximum atomic E-state index is 13.1. The number of aromatic nitrogens is 2. The second-order valence-corrected chi connectivity index (χ2v) is 9.55. The number of benzene rings is 1. The summed E-state index contributed by atoms with van der Waals surface area (Å²) >= 11 is 0. The van der Waals surface area contributed by atoms with Crippen molar-refractivity contribution >= 4 is 34.3 Å². The molecule has 1 aromatic carbocycles. The molecular weight excluding hydrogens is 458 g/mol.